The molecule has 36 heavy (non-hydrogen) atoms. The average Bonchev–Trinajstić information content (AvgIpc) is 3.41. The van der Waals surface area contributed by atoms with Crippen LogP contribution in [-0.4, -0.2) is 54.5 Å². The SMILES string of the molecule is COC(=O)C1=C(C(=O)OC)N(c2ccc3cc(-n4ncc(-c5ccccc5)n4)c(=O)oc3c2)COC1. The van der Waals surface area contributed by atoms with Gasteiger partial charge in [0.25, 0.3) is 0 Å². The molecule has 2 aromatic carbocycles. The number of benzene rings is 2. The van der Waals surface area contributed by atoms with Gasteiger partial charge >= 0.3 is 17.6 Å². The lowest BCUT2D eigenvalue weighted by Gasteiger charge is -2.31. The molecule has 0 saturated carbocycles. The molecule has 3 heterocycles. The van der Waals surface area contributed by atoms with Gasteiger partial charge in [-0.15, -0.1) is 9.90 Å². The van der Waals surface area contributed by atoms with Crippen LogP contribution >= 0.6 is 0 Å². The Morgan fingerprint density at radius 1 is 1.00 bits per heavy atom. The number of aromatic nitrogens is 3. The number of fused-ring (bicyclic) bond motifs is 1. The summed E-state index contributed by atoms with van der Waals surface area (Å²) in [6.07, 6.45) is 1.57. The van der Waals surface area contributed by atoms with Crippen LogP contribution in [0.3, 0.4) is 0 Å². The number of esters is 2. The predicted octanol–water partition coefficient (Wildman–Crippen LogP) is 2.43. The molecule has 0 N–H and O–H groups in total. The molecule has 0 radical (unpaired) electrons. The van der Waals surface area contributed by atoms with Gasteiger partial charge in [0.15, 0.2) is 5.69 Å². The molecule has 5 rings (SSSR count). The normalized spacial score (nSPS) is 13.7. The molecule has 0 amide bonds. The molecule has 182 valence electrons. The fourth-order valence-corrected chi connectivity index (χ4v) is 3.86. The van der Waals surface area contributed by atoms with Crippen molar-refractivity contribution in [1.82, 2.24) is 15.0 Å². The number of carbonyl (C=O) groups is 2. The van der Waals surface area contributed by atoms with Gasteiger partial charge in [-0.3, -0.25) is 0 Å². The second-order valence-corrected chi connectivity index (χ2v) is 7.74. The van der Waals surface area contributed by atoms with Crippen molar-refractivity contribution in [2.45, 2.75) is 0 Å². The fourth-order valence-electron chi connectivity index (χ4n) is 3.86. The number of nitrogens with zero attached hydrogens (tertiary/aromatic N) is 4. The van der Waals surface area contributed by atoms with Crippen LogP contribution in [0.4, 0.5) is 5.69 Å². The summed E-state index contributed by atoms with van der Waals surface area (Å²) < 4.78 is 20.7. The molecule has 1 aliphatic rings. The second-order valence-electron chi connectivity index (χ2n) is 7.74. The van der Waals surface area contributed by atoms with E-state index < -0.39 is 17.6 Å². The fraction of sp³-hybridized carbons (Fsp3) is 0.160. The van der Waals surface area contributed by atoms with Crippen molar-refractivity contribution in [3.63, 3.8) is 0 Å². The average molecular weight is 488 g/mol. The Balaban J connectivity index is 1.54. The number of methoxy groups -OCH3 is 2. The summed E-state index contributed by atoms with van der Waals surface area (Å²) in [6.45, 7) is -0.139. The van der Waals surface area contributed by atoms with Crippen LogP contribution in [0.2, 0.25) is 0 Å². The van der Waals surface area contributed by atoms with E-state index in [0.717, 1.165) is 5.56 Å². The highest BCUT2D eigenvalue weighted by Gasteiger charge is 2.32. The summed E-state index contributed by atoms with van der Waals surface area (Å²) in [5.41, 5.74) is 1.68. The molecule has 1 aliphatic heterocycles. The molecule has 0 atom stereocenters. The molecule has 0 bridgehead atoms. The van der Waals surface area contributed by atoms with E-state index in [4.69, 9.17) is 18.6 Å². The van der Waals surface area contributed by atoms with Crippen LogP contribution in [0.25, 0.3) is 27.9 Å². The Morgan fingerprint density at radius 3 is 2.53 bits per heavy atom. The van der Waals surface area contributed by atoms with Crippen molar-refractivity contribution in [2.75, 3.05) is 32.5 Å². The van der Waals surface area contributed by atoms with Crippen molar-refractivity contribution in [1.29, 1.82) is 0 Å². The first-order chi connectivity index (χ1) is 17.5. The van der Waals surface area contributed by atoms with E-state index in [1.165, 1.54) is 23.9 Å². The molecular formula is C25H20N4O7. The number of ether oxygens (including phenoxy) is 3. The summed E-state index contributed by atoms with van der Waals surface area (Å²) in [6, 6.07) is 16.1. The van der Waals surface area contributed by atoms with Crippen molar-refractivity contribution in [3.8, 4) is 16.9 Å². The monoisotopic (exact) mass is 488 g/mol. The molecule has 0 spiro atoms. The standard InChI is InChI=1S/C25H20N4O7/c1-33-23(30)18-13-35-14-28(22(18)25(32)34-2)17-9-8-16-10-20(24(31)36-21(16)11-17)29-26-12-19(27-29)15-6-4-3-5-7-15/h3-12H,13-14H2,1-2H3. The van der Waals surface area contributed by atoms with Crippen LogP contribution in [-0.2, 0) is 23.8 Å². The van der Waals surface area contributed by atoms with Gasteiger partial charge in [0.2, 0.25) is 0 Å². The lowest BCUT2D eigenvalue weighted by atomic mass is 10.1. The maximum Gasteiger partial charge on any atom is 0.364 e. The Bertz CT molecular complexity index is 1560. The molecule has 0 fully saturated rings. The molecule has 4 aromatic rings. The van der Waals surface area contributed by atoms with Crippen LogP contribution < -0.4 is 10.5 Å². The second kappa shape index (κ2) is 9.47. The van der Waals surface area contributed by atoms with Crippen LogP contribution in [0, 0.1) is 0 Å². The Hall–Kier alpha value is -4.77. The number of anilines is 1. The Morgan fingerprint density at radius 2 is 1.78 bits per heavy atom. The minimum atomic E-state index is -0.727. The highest BCUT2D eigenvalue weighted by atomic mass is 16.5. The van der Waals surface area contributed by atoms with E-state index >= 15 is 0 Å². The first kappa shape index (κ1) is 23.0. The lowest BCUT2D eigenvalue weighted by Crippen LogP contribution is -2.38. The van der Waals surface area contributed by atoms with E-state index in [9.17, 15) is 14.4 Å². The van der Waals surface area contributed by atoms with Gasteiger partial charge in [0.1, 0.15) is 23.7 Å². The van der Waals surface area contributed by atoms with Crippen LogP contribution in [0.15, 0.2) is 81.3 Å². The van der Waals surface area contributed by atoms with Gasteiger partial charge in [-0.2, -0.15) is 5.10 Å². The van der Waals surface area contributed by atoms with Crippen LogP contribution in [0.5, 0.6) is 0 Å². The summed E-state index contributed by atoms with van der Waals surface area (Å²) in [4.78, 5) is 40.3. The zero-order valence-electron chi connectivity index (χ0n) is 19.3. The number of carbonyl (C=O) groups excluding carboxylic acids is 2. The number of hydrogen-bond donors (Lipinski definition) is 0. The maximum absolute atomic E-state index is 12.8. The van der Waals surface area contributed by atoms with Gasteiger partial charge in [0.05, 0.1) is 32.6 Å². The Kier molecular flexibility index (Phi) is 6.05. The zero-order valence-corrected chi connectivity index (χ0v) is 19.3. The summed E-state index contributed by atoms with van der Waals surface area (Å²) in [5.74, 6) is -1.44. The largest absolute Gasteiger partial charge is 0.466 e. The van der Waals surface area contributed by atoms with Crippen molar-refractivity contribution in [3.05, 3.63) is 82.5 Å². The molecule has 11 heteroatoms. The van der Waals surface area contributed by atoms with E-state index in [0.29, 0.717) is 16.8 Å². The molecule has 11 nitrogen and oxygen atoms in total. The van der Waals surface area contributed by atoms with Gasteiger partial charge in [-0.25, -0.2) is 14.4 Å². The third-order valence-electron chi connectivity index (χ3n) is 5.62. The van der Waals surface area contributed by atoms with Crippen molar-refractivity contribution in [2.24, 2.45) is 0 Å². The third kappa shape index (κ3) is 4.12. The molecule has 2 aromatic heterocycles. The first-order valence-electron chi connectivity index (χ1n) is 10.8. The molecule has 0 aliphatic carbocycles. The quantitative estimate of drug-likeness (QED) is 0.305. The van der Waals surface area contributed by atoms with Crippen LogP contribution in [0.1, 0.15) is 0 Å². The lowest BCUT2D eigenvalue weighted by molar-refractivity contribution is -0.140. The highest BCUT2D eigenvalue weighted by Crippen LogP contribution is 2.29. The number of rotatable bonds is 5. The van der Waals surface area contributed by atoms with Gasteiger partial charge in [-0.05, 0) is 18.2 Å². The molecule has 0 unspecified atom stereocenters. The minimum absolute atomic E-state index is 0.0110. The number of hydrogen-bond acceptors (Lipinski definition) is 10. The minimum Gasteiger partial charge on any atom is -0.466 e. The van der Waals surface area contributed by atoms with E-state index in [2.05, 4.69) is 10.2 Å². The van der Waals surface area contributed by atoms with Gasteiger partial charge in [0, 0.05) is 22.7 Å². The first-order valence-corrected chi connectivity index (χ1v) is 10.8. The highest BCUT2D eigenvalue weighted by molar-refractivity contribution is 6.03. The summed E-state index contributed by atoms with van der Waals surface area (Å²) >= 11 is 0. The predicted molar refractivity (Wildman–Crippen MR) is 127 cm³/mol. The summed E-state index contributed by atoms with van der Waals surface area (Å²) in [7, 11) is 2.42. The van der Waals surface area contributed by atoms with E-state index in [1.54, 1.807) is 30.5 Å². The van der Waals surface area contributed by atoms with Gasteiger partial charge < -0.3 is 23.5 Å². The maximum atomic E-state index is 12.8. The topological polar surface area (TPSA) is 126 Å². The van der Waals surface area contributed by atoms with E-state index in [-0.39, 0.29) is 35.9 Å². The van der Waals surface area contributed by atoms with Gasteiger partial charge in [-0.1, -0.05) is 30.3 Å². The summed E-state index contributed by atoms with van der Waals surface area (Å²) in [5, 5.41) is 9.21. The molecular weight excluding hydrogens is 468 g/mol. The zero-order chi connectivity index (χ0) is 25.2. The molecule has 0 saturated heterocycles. The third-order valence-corrected chi connectivity index (χ3v) is 5.62. The van der Waals surface area contributed by atoms with Crippen molar-refractivity contribution < 1.29 is 28.2 Å². The smallest absolute Gasteiger partial charge is 0.364 e. The van der Waals surface area contributed by atoms with Crippen molar-refractivity contribution >= 4 is 28.6 Å². The Labute approximate surface area is 204 Å². The van der Waals surface area contributed by atoms with E-state index in [1.807, 2.05) is 30.3 Å².